The van der Waals surface area contributed by atoms with Crippen LogP contribution in [0, 0.1) is 0 Å². The van der Waals surface area contributed by atoms with Gasteiger partial charge >= 0.3 is 5.97 Å². The lowest BCUT2D eigenvalue weighted by atomic mass is 10.1. The van der Waals surface area contributed by atoms with Gasteiger partial charge in [-0.25, -0.2) is 9.78 Å². The minimum Gasteiger partial charge on any atom is -0.478 e. The lowest BCUT2D eigenvalue weighted by molar-refractivity contribution is 0.0697. The highest BCUT2D eigenvalue weighted by Gasteiger charge is 2.21. The van der Waals surface area contributed by atoms with Crippen LogP contribution in [0.15, 0.2) is 12.4 Å². The van der Waals surface area contributed by atoms with Gasteiger partial charge in [0.2, 0.25) is 0 Å². The number of fused-ring (bicyclic) bond motifs is 1. The Morgan fingerprint density at radius 1 is 1.43 bits per heavy atom. The molecular weight excluding hydrogens is 276 g/mol. The van der Waals surface area contributed by atoms with Crippen LogP contribution in [0.2, 0.25) is 0 Å². The van der Waals surface area contributed by atoms with Crippen molar-refractivity contribution < 1.29 is 19.7 Å². The number of aromatic nitrogens is 3. The molecule has 0 radical (unpaired) electrons. The molecule has 0 spiro atoms. The Balaban J connectivity index is 2.60. The van der Waals surface area contributed by atoms with Crippen molar-refractivity contribution >= 4 is 22.7 Å². The number of aryl methyl sites for hydroxylation is 1. The summed E-state index contributed by atoms with van der Waals surface area (Å²) in [5.41, 5.74) is 1.18. The van der Waals surface area contributed by atoms with E-state index in [4.69, 9.17) is 4.74 Å². The molecule has 0 aliphatic carbocycles. The van der Waals surface area contributed by atoms with E-state index in [1.165, 1.54) is 6.20 Å². The van der Waals surface area contributed by atoms with Crippen molar-refractivity contribution in [2.75, 3.05) is 38.3 Å². The zero-order valence-corrected chi connectivity index (χ0v) is 12.0. The standard InChI is InChI=1S/C13H18N4O4/c1-16-12-9(8-15-16)11(10(7-14-12)13(19)20)17(3-5-18)4-6-21-2/h7-8,18H,3-6H2,1-2H3,(H,19,20). The van der Waals surface area contributed by atoms with Crippen molar-refractivity contribution in [3.63, 3.8) is 0 Å². The minimum absolute atomic E-state index is 0.0834. The highest BCUT2D eigenvalue weighted by molar-refractivity contribution is 6.03. The topological polar surface area (TPSA) is 101 Å². The second kappa shape index (κ2) is 6.51. The summed E-state index contributed by atoms with van der Waals surface area (Å²) in [5.74, 6) is -1.07. The fourth-order valence-corrected chi connectivity index (χ4v) is 2.24. The quantitative estimate of drug-likeness (QED) is 0.747. The predicted molar refractivity (Wildman–Crippen MR) is 76.6 cm³/mol. The third-order valence-corrected chi connectivity index (χ3v) is 3.22. The summed E-state index contributed by atoms with van der Waals surface area (Å²) in [7, 11) is 3.31. The summed E-state index contributed by atoms with van der Waals surface area (Å²) < 4.78 is 6.63. The average molecular weight is 294 g/mol. The van der Waals surface area contributed by atoms with Crippen LogP contribution in [-0.4, -0.2) is 64.4 Å². The zero-order chi connectivity index (χ0) is 15.4. The number of carboxylic acids is 1. The van der Waals surface area contributed by atoms with E-state index >= 15 is 0 Å². The van der Waals surface area contributed by atoms with Crippen molar-refractivity contribution in [1.82, 2.24) is 14.8 Å². The SMILES string of the molecule is COCCN(CCO)c1c(C(=O)O)cnc2c1cnn2C. The van der Waals surface area contributed by atoms with Crippen LogP contribution in [0.4, 0.5) is 5.69 Å². The van der Waals surface area contributed by atoms with E-state index in [1.807, 2.05) is 0 Å². The first-order valence-corrected chi connectivity index (χ1v) is 6.49. The lowest BCUT2D eigenvalue weighted by Crippen LogP contribution is -2.31. The zero-order valence-electron chi connectivity index (χ0n) is 12.0. The molecule has 0 aliphatic heterocycles. The second-order valence-electron chi connectivity index (χ2n) is 4.53. The molecule has 2 heterocycles. The molecular formula is C13H18N4O4. The molecule has 2 rings (SSSR count). The fourth-order valence-electron chi connectivity index (χ4n) is 2.24. The van der Waals surface area contributed by atoms with E-state index in [1.54, 1.807) is 29.9 Å². The van der Waals surface area contributed by atoms with Crippen LogP contribution in [0.5, 0.6) is 0 Å². The molecule has 0 saturated heterocycles. The number of methoxy groups -OCH3 is 1. The van der Waals surface area contributed by atoms with Gasteiger partial charge in [0.25, 0.3) is 0 Å². The smallest absolute Gasteiger partial charge is 0.339 e. The number of carbonyl (C=O) groups is 1. The molecule has 0 aliphatic rings. The third kappa shape index (κ3) is 2.96. The summed E-state index contributed by atoms with van der Waals surface area (Å²) in [6, 6.07) is 0. The maximum absolute atomic E-state index is 11.5. The Labute approximate surface area is 121 Å². The van der Waals surface area contributed by atoms with Gasteiger partial charge in [0, 0.05) is 33.4 Å². The minimum atomic E-state index is -1.07. The third-order valence-electron chi connectivity index (χ3n) is 3.22. The maximum Gasteiger partial charge on any atom is 0.339 e. The Morgan fingerprint density at radius 2 is 2.19 bits per heavy atom. The second-order valence-corrected chi connectivity index (χ2v) is 4.53. The Bertz CT molecular complexity index is 640. The molecule has 0 aromatic carbocycles. The van der Waals surface area contributed by atoms with E-state index in [0.29, 0.717) is 36.4 Å². The average Bonchev–Trinajstić information content (AvgIpc) is 2.84. The first-order valence-electron chi connectivity index (χ1n) is 6.49. The van der Waals surface area contributed by atoms with Crippen LogP contribution in [0.3, 0.4) is 0 Å². The molecule has 0 atom stereocenters. The molecule has 0 saturated carbocycles. The molecule has 0 bridgehead atoms. The number of anilines is 1. The fraction of sp³-hybridized carbons (Fsp3) is 0.462. The largest absolute Gasteiger partial charge is 0.478 e. The van der Waals surface area contributed by atoms with Crippen molar-refractivity contribution in [1.29, 1.82) is 0 Å². The number of carboxylic acid groups (broad SMARTS) is 1. The molecule has 0 fully saturated rings. The first kappa shape index (κ1) is 15.2. The number of ether oxygens (including phenoxy) is 1. The number of pyridine rings is 1. The normalized spacial score (nSPS) is 11.0. The summed E-state index contributed by atoms with van der Waals surface area (Å²) in [6.45, 7) is 1.10. The molecule has 2 aromatic heterocycles. The molecule has 8 nitrogen and oxygen atoms in total. The molecule has 0 unspecified atom stereocenters. The Morgan fingerprint density at radius 3 is 2.81 bits per heavy atom. The number of nitrogens with zero attached hydrogens (tertiary/aromatic N) is 4. The molecule has 2 N–H and O–H groups in total. The summed E-state index contributed by atoms with van der Waals surface area (Å²) in [5, 5.41) is 23.4. The predicted octanol–water partition coefficient (Wildman–Crippen LogP) is 0.112. The highest BCUT2D eigenvalue weighted by atomic mass is 16.5. The van der Waals surface area contributed by atoms with Crippen LogP contribution in [0.25, 0.3) is 11.0 Å². The molecule has 2 aromatic rings. The summed E-state index contributed by atoms with van der Waals surface area (Å²) in [6.07, 6.45) is 2.90. The van der Waals surface area contributed by atoms with Gasteiger partial charge in [-0.05, 0) is 0 Å². The van der Waals surface area contributed by atoms with Gasteiger partial charge in [-0.2, -0.15) is 5.10 Å². The molecule has 114 valence electrons. The summed E-state index contributed by atoms with van der Waals surface area (Å²) >= 11 is 0. The Hall–Kier alpha value is -2.19. The van der Waals surface area contributed by atoms with Crippen LogP contribution in [-0.2, 0) is 11.8 Å². The van der Waals surface area contributed by atoms with Gasteiger partial charge in [-0.3, -0.25) is 4.68 Å². The van der Waals surface area contributed by atoms with Crippen molar-refractivity contribution in [3.05, 3.63) is 18.0 Å². The molecule has 21 heavy (non-hydrogen) atoms. The lowest BCUT2D eigenvalue weighted by Gasteiger charge is -2.25. The van der Waals surface area contributed by atoms with Gasteiger partial charge in [0.1, 0.15) is 5.56 Å². The molecule has 0 amide bonds. The number of aromatic carboxylic acids is 1. The van der Waals surface area contributed by atoms with E-state index in [2.05, 4.69) is 10.1 Å². The Kier molecular flexibility index (Phi) is 4.71. The van der Waals surface area contributed by atoms with Gasteiger partial charge < -0.3 is 19.8 Å². The van der Waals surface area contributed by atoms with Crippen molar-refractivity contribution in [3.8, 4) is 0 Å². The van der Waals surface area contributed by atoms with Gasteiger partial charge in [0.05, 0.1) is 30.5 Å². The first-order chi connectivity index (χ1) is 10.1. The monoisotopic (exact) mass is 294 g/mol. The maximum atomic E-state index is 11.5. The number of aliphatic hydroxyl groups excluding tert-OH is 1. The number of hydrogen-bond acceptors (Lipinski definition) is 6. The van der Waals surface area contributed by atoms with E-state index in [9.17, 15) is 15.0 Å². The van der Waals surface area contributed by atoms with Crippen LogP contribution < -0.4 is 4.90 Å². The van der Waals surface area contributed by atoms with Gasteiger partial charge in [-0.1, -0.05) is 0 Å². The van der Waals surface area contributed by atoms with E-state index < -0.39 is 5.97 Å². The van der Waals surface area contributed by atoms with E-state index in [-0.39, 0.29) is 12.2 Å². The highest BCUT2D eigenvalue weighted by Crippen LogP contribution is 2.29. The van der Waals surface area contributed by atoms with Crippen molar-refractivity contribution in [2.45, 2.75) is 0 Å². The van der Waals surface area contributed by atoms with Crippen molar-refractivity contribution in [2.24, 2.45) is 7.05 Å². The van der Waals surface area contributed by atoms with E-state index in [0.717, 1.165) is 0 Å². The van der Waals surface area contributed by atoms with Gasteiger partial charge in [-0.15, -0.1) is 0 Å². The molecule has 8 heteroatoms. The van der Waals surface area contributed by atoms with Crippen LogP contribution in [0.1, 0.15) is 10.4 Å². The summed E-state index contributed by atoms with van der Waals surface area (Å²) in [4.78, 5) is 17.4. The number of rotatable bonds is 7. The number of hydrogen-bond donors (Lipinski definition) is 2. The number of aliphatic hydroxyl groups is 1. The van der Waals surface area contributed by atoms with Gasteiger partial charge in [0.15, 0.2) is 5.65 Å². The van der Waals surface area contributed by atoms with Crippen LogP contribution >= 0.6 is 0 Å².